The molecule has 0 aromatic heterocycles. The molecule has 8 heteroatoms. The second-order valence-electron chi connectivity index (χ2n) is 13.2. The Balaban J connectivity index is 1.24. The number of ketones is 1. The van der Waals surface area contributed by atoms with Gasteiger partial charge in [-0.15, -0.1) is 0 Å². The quantitative estimate of drug-likeness (QED) is 0.284. The van der Waals surface area contributed by atoms with Crippen LogP contribution in [0, 0.1) is 12.8 Å². The largest absolute Gasteiger partial charge is 0.488 e. The van der Waals surface area contributed by atoms with Gasteiger partial charge in [0.05, 0.1) is 10.9 Å². The number of Topliss-reactive ketones (excluding diaryl/α,β-unsaturated/α-hetero) is 1. The summed E-state index contributed by atoms with van der Waals surface area (Å²) >= 11 is 6.84. The normalized spacial score (nSPS) is 18.7. The zero-order valence-corrected chi connectivity index (χ0v) is 29.4. The number of carbonyl (C=O) groups excluding carboxylic acids is 1. The van der Waals surface area contributed by atoms with Crippen LogP contribution in [0.25, 0.3) is 11.1 Å². The van der Waals surface area contributed by atoms with Crippen molar-refractivity contribution in [2.24, 2.45) is 5.92 Å². The molecule has 1 aliphatic carbocycles. The molecule has 0 unspecified atom stereocenters. The Morgan fingerprint density at radius 3 is 2.60 bits per heavy atom. The van der Waals surface area contributed by atoms with Crippen LogP contribution < -0.4 is 18.9 Å². The van der Waals surface area contributed by atoms with E-state index >= 15 is 0 Å². The zero-order chi connectivity index (χ0) is 34.9. The van der Waals surface area contributed by atoms with Gasteiger partial charge in [-0.25, -0.2) is 0 Å². The fourth-order valence-corrected chi connectivity index (χ4v) is 7.05. The molecular formula is C42H45ClO7. The number of carbonyl (C=O) groups is 2. The number of carboxylic acid groups (broad SMARTS) is 1. The Morgan fingerprint density at radius 2 is 1.74 bits per heavy atom. The molecule has 1 atom stereocenters. The second kappa shape index (κ2) is 16.9. The summed E-state index contributed by atoms with van der Waals surface area (Å²) in [6.45, 7) is 3.73. The van der Waals surface area contributed by atoms with Crippen molar-refractivity contribution in [3.63, 3.8) is 0 Å². The summed E-state index contributed by atoms with van der Waals surface area (Å²) in [5.41, 5.74) is 6.75. The van der Waals surface area contributed by atoms with Gasteiger partial charge in [0.15, 0.2) is 17.3 Å². The van der Waals surface area contributed by atoms with E-state index in [0.29, 0.717) is 74.9 Å². The van der Waals surface area contributed by atoms with Gasteiger partial charge in [0.25, 0.3) is 0 Å². The number of aryl methyl sites for hydroxylation is 1. The monoisotopic (exact) mass is 696 g/mol. The summed E-state index contributed by atoms with van der Waals surface area (Å²) in [6.07, 6.45) is 15.2. The number of rotatable bonds is 5. The van der Waals surface area contributed by atoms with Crippen molar-refractivity contribution in [3.8, 4) is 34.1 Å². The standard InChI is InChI=1S/C42H45ClO7/c1-28-34(15-9-16-35(28)31-18-19-38-41(24-31)48-21-20-47-38)27-50-40-25-39-33(23-36(40)43)14-8-13-30(42(45)46)11-4-2-3-5-17-37(44)32-12-7-6-10-29(22-32)26-49-39/h6,9-10,12,15-16,18-19,22-25,30H,2-5,7-8,11,13-14,17,20-21,26-27H2,1H3,(H,45,46)/t30-/m1/s1. The number of ether oxygens (including phenoxy) is 4. The van der Waals surface area contributed by atoms with Crippen molar-refractivity contribution in [2.75, 3.05) is 19.8 Å². The Morgan fingerprint density at radius 1 is 0.920 bits per heavy atom. The number of hydrogen-bond acceptors (Lipinski definition) is 6. The summed E-state index contributed by atoms with van der Waals surface area (Å²) in [5, 5.41) is 10.4. The highest BCUT2D eigenvalue weighted by molar-refractivity contribution is 6.32. The SMILES string of the molecule is Cc1c(COc2cc3c(cc2Cl)CCC[C@H](C(=O)O)CCCCCCC(=O)C2=CCC=CC(=C2)CO3)cccc1-c1ccc2c(c1)OCCO2. The van der Waals surface area contributed by atoms with E-state index in [1.54, 1.807) is 0 Å². The smallest absolute Gasteiger partial charge is 0.306 e. The van der Waals surface area contributed by atoms with E-state index in [1.165, 1.54) is 0 Å². The van der Waals surface area contributed by atoms with Gasteiger partial charge in [-0.2, -0.15) is 0 Å². The van der Waals surface area contributed by atoms with Crippen LogP contribution in [-0.4, -0.2) is 36.7 Å². The summed E-state index contributed by atoms with van der Waals surface area (Å²) < 4.78 is 24.3. The molecular weight excluding hydrogens is 652 g/mol. The van der Waals surface area contributed by atoms with Crippen molar-refractivity contribution in [1.82, 2.24) is 0 Å². The van der Waals surface area contributed by atoms with E-state index in [-0.39, 0.29) is 12.4 Å². The van der Waals surface area contributed by atoms with Crippen LogP contribution in [0.1, 0.15) is 74.5 Å². The molecule has 2 aliphatic heterocycles. The topological polar surface area (TPSA) is 91.3 Å². The van der Waals surface area contributed by atoms with Gasteiger partial charge in [-0.3, -0.25) is 9.59 Å². The molecule has 0 fully saturated rings. The van der Waals surface area contributed by atoms with E-state index < -0.39 is 11.9 Å². The lowest BCUT2D eigenvalue weighted by atomic mass is 9.93. The van der Waals surface area contributed by atoms with E-state index in [0.717, 1.165) is 76.1 Å². The van der Waals surface area contributed by atoms with Gasteiger partial charge >= 0.3 is 5.97 Å². The lowest BCUT2D eigenvalue weighted by Gasteiger charge is -2.20. The number of benzene rings is 3. The average molecular weight is 697 g/mol. The van der Waals surface area contributed by atoms with Crippen LogP contribution in [0.3, 0.4) is 0 Å². The molecule has 0 saturated heterocycles. The van der Waals surface area contributed by atoms with Crippen molar-refractivity contribution < 1.29 is 33.6 Å². The molecule has 0 radical (unpaired) electrons. The number of carboxylic acids is 1. The first-order valence-electron chi connectivity index (χ1n) is 17.8. The van der Waals surface area contributed by atoms with Crippen molar-refractivity contribution in [3.05, 3.63) is 106 Å². The first kappa shape index (κ1) is 35.3. The van der Waals surface area contributed by atoms with Gasteiger partial charge in [0.2, 0.25) is 0 Å². The Hall–Kier alpha value is -4.49. The Kier molecular flexibility index (Phi) is 12.0. The van der Waals surface area contributed by atoms with E-state index in [4.69, 9.17) is 30.5 Å². The third kappa shape index (κ3) is 8.99. The maximum atomic E-state index is 13.1. The van der Waals surface area contributed by atoms with Crippen LogP contribution in [0.15, 0.2) is 84.0 Å². The molecule has 2 bridgehead atoms. The Labute approximate surface area is 299 Å². The summed E-state index contributed by atoms with van der Waals surface area (Å²) in [7, 11) is 0. The molecule has 7 nitrogen and oxygen atoms in total. The lowest BCUT2D eigenvalue weighted by molar-refractivity contribution is -0.142. The minimum Gasteiger partial charge on any atom is -0.488 e. The molecule has 2 heterocycles. The summed E-state index contributed by atoms with van der Waals surface area (Å²) in [6, 6.07) is 15.9. The lowest BCUT2D eigenvalue weighted by Crippen LogP contribution is -2.15. The van der Waals surface area contributed by atoms with Gasteiger partial charge in [0, 0.05) is 18.1 Å². The highest BCUT2D eigenvalue weighted by Crippen LogP contribution is 2.38. The van der Waals surface area contributed by atoms with E-state index in [2.05, 4.69) is 13.0 Å². The molecule has 3 aromatic carbocycles. The molecule has 3 aliphatic rings. The zero-order valence-electron chi connectivity index (χ0n) is 28.7. The van der Waals surface area contributed by atoms with Crippen LogP contribution in [0.5, 0.6) is 23.0 Å². The van der Waals surface area contributed by atoms with Crippen LogP contribution in [0.4, 0.5) is 0 Å². The maximum Gasteiger partial charge on any atom is 0.306 e. The maximum absolute atomic E-state index is 13.1. The minimum absolute atomic E-state index is 0.131. The van der Waals surface area contributed by atoms with Crippen molar-refractivity contribution >= 4 is 23.4 Å². The molecule has 3 aromatic rings. The van der Waals surface area contributed by atoms with Crippen molar-refractivity contribution in [1.29, 1.82) is 0 Å². The predicted octanol–water partition coefficient (Wildman–Crippen LogP) is 9.80. The van der Waals surface area contributed by atoms with Gasteiger partial charge in [-0.1, -0.05) is 73.4 Å². The van der Waals surface area contributed by atoms with Gasteiger partial charge in [-0.05, 0) is 103 Å². The molecule has 1 N–H and O–H groups in total. The number of aliphatic carboxylic acids is 1. The highest BCUT2D eigenvalue weighted by atomic mass is 35.5. The molecule has 50 heavy (non-hydrogen) atoms. The molecule has 0 amide bonds. The molecule has 6 rings (SSSR count). The van der Waals surface area contributed by atoms with Crippen LogP contribution in [-0.2, 0) is 22.6 Å². The summed E-state index contributed by atoms with van der Waals surface area (Å²) in [5.74, 6) is 1.61. The fraction of sp³-hybridized carbons (Fsp3) is 0.381. The highest BCUT2D eigenvalue weighted by Gasteiger charge is 2.20. The van der Waals surface area contributed by atoms with E-state index in [1.807, 2.05) is 66.8 Å². The number of halogens is 1. The fourth-order valence-electron chi connectivity index (χ4n) is 6.81. The summed E-state index contributed by atoms with van der Waals surface area (Å²) in [4.78, 5) is 25.1. The first-order chi connectivity index (χ1) is 24.4. The van der Waals surface area contributed by atoms with Crippen LogP contribution >= 0.6 is 11.6 Å². The first-order valence-corrected chi connectivity index (χ1v) is 18.1. The van der Waals surface area contributed by atoms with Crippen LogP contribution in [0.2, 0.25) is 5.02 Å². The third-order valence-electron chi connectivity index (χ3n) is 9.71. The number of allylic oxidation sites excluding steroid dienone is 4. The number of hydrogen-bond donors (Lipinski definition) is 1. The predicted molar refractivity (Wildman–Crippen MR) is 196 cm³/mol. The molecule has 0 saturated carbocycles. The third-order valence-corrected chi connectivity index (χ3v) is 10.0. The van der Waals surface area contributed by atoms with E-state index in [9.17, 15) is 14.7 Å². The average Bonchev–Trinajstić information content (AvgIpc) is 3.37. The minimum atomic E-state index is -0.754. The molecule has 262 valence electrons. The second-order valence-corrected chi connectivity index (χ2v) is 13.6. The van der Waals surface area contributed by atoms with Gasteiger partial charge < -0.3 is 24.1 Å². The number of fused-ring (bicyclic) bond motifs is 3. The van der Waals surface area contributed by atoms with Crippen molar-refractivity contribution in [2.45, 2.75) is 77.7 Å². The van der Waals surface area contributed by atoms with Gasteiger partial charge in [0.1, 0.15) is 37.9 Å². The Bertz CT molecular complexity index is 1800. The molecule has 0 spiro atoms.